The van der Waals surface area contributed by atoms with Crippen molar-refractivity contribution in [2.45, 2.75) is 83.9 Å². The lowest BCUT2D eigenvalue weighted by molar-refractivity contribution is -0.278. The third kappa shape index (κ3) is 8.00. The van der Waals surface area contributed by atoms with Gasteiger partial charge in [0, 0.05) is 33.5 Å². The molecule has 0 aliphatic carbocycles. The van der Waals surface area contributed by atoms with Crippen LogP contribution in [0.2, 0.25) is 0 Å². The monoisotopic (exact) mass is 500 g/mol. The molecule has 2 aromatic rings. The maximum atomic E-state index is 10.3. The van der Waals surface area contributed by atoms with E-state index >= 15 is 0 Å². The summed E-state index contributed by atoms with van der Waals surface area (Å²) in [5.41, 5.74) is 2.41. The summed E-state index contributed by atoms with van der Waals surface area (Å²) in [5.74, 6) is 0.609. The number of rotatable bonds is 12. The van der Waals surface area contributed by atoms with Crippen molar-refractivity contribution in [3.63, 3.8) is 0 Å². The van der Waals surface area contributed by atoms with Gasteiger partial charge in [-0.2, -0.15) is 0 Å². The van der Waals surface area contributed by atoms with Gasteiger partial charge in [-0.15, -0.1) is 0 Å². The normalized spacial score (nSPS) is 25.1. The van der Waals surface area contributed by atoms with Crippen LogP contribution in [0.15, 0.2) is 57.3 Å². The quantitative estimate of drug-likeness (QED) is 0.282. The Hall–Kier alpha value is -2.52. The molecule has 0 amide bonds. The fourth-order valence-electron chi connectivity index (χ4n) is 4.50. The van der Waals surface area contributed by atoms with E-state index in [1.807, 2.05) is 13.8 Å². The highest BCUT2D eigenvalue weighted by Crippen LogP contribution is 2.35. The first-order valence-corrected chi connectivity index (χ1v) is 12.6. The molecule has 0 radical (unpaired) electrons. The lowest BCUT2D eigenvalue weighted by Gasteiger charge is -2.40. The van der Waals surface area contributed by atoms with Crippen LogP contribution in [0.5, 0.6) is 0 Å². The molecule has 3 rings (SSSR count). The van der Waals surface area contributed by atoms with Gasteiger partial charge in [0.15, 0.2) is 17.4 Å². The number of methoxy groups -OCH3 is 2. The molecule has 1 saturated heterocycles. The number of aliphatic hydroxyl groups excluding tert-OH is 1. The third-order valence-electron chi connectivity index (χ3n) is 6.30. The molecule has 198 valence electrons. The molecule has 2 aromatic heterocycles. The number of oxazole rings is 2. The molecule has 8 heteroatoms. The minimum atomic E-state index is -0.818. The summed E-state index contributed by atoms with van der Waals surface area (Å²) in [5, 5.41) is 10.3. The van der Waals surface area contributed by atoms with Gasteiger partial charge in [0.2, 0.25) is 5.89 Å². The van der Waals surface area contributed by atoms with Crippen molar-refractivity contribution < 1.29 is 28.2 Å². The van der Waals surface area contributed by atoms with Gasteiger partial charge in [-0.25, -0.2) is 9.97 Å². The Kier molecular flexibility index (Phi) is 10.2. The van der Waals surface area contributed by atoms with Gasteiger partial charge >= 0.3 is 0 Å². The largest absolute Gasteiger partial charge is 0.448 e. The van der Waals surface area contributed by atoms with E-state index in [0.717, 1.165) is 6.42 Å². The van der Waals surface area contributed by atoms with Gasteiger partial charge in [0.1, 0.15) is 24.3 Å². The average molecular weight is 501 g/mol. The standard InChI is InChI=1S/C28H40N2O6/c1-7-10-19(2)13-20(3)11-8-9-12-26-29-24(18-34-26)27-30-23(17-35-27)25(32-5)15-22-14-21(31)16-28(4,33-6)36-22/h7-8,10-11,13,17-19,21-22,25,31H,9,12,14-16H2,1-6H3/b10-7+,11-8+,20-13-/t19-,21+,22+,25+,28+/m0/s1. The number of aromatic nitrogens is 2. The predicted molar refractivity (Wildman–Crippen MR) is 137 cm³/mol. The number of hydrogen-bond donors (Lipinski definition) is 1. The number of aryl methyl sites for hydroxylation is 1. The van der Waals surface area contributed by atoms with Crippen molar-refractivity contribution in [2.75, 3.05) is 14.2 Å². The molecule has 0 saturated carbocycles. The minimum absolute atomic E-state index is 0.236. The van der Waals surface area contributed by atoms with Gasteiger partial charge in [-0.1, -0.05) is 42.9 Å². The Bertz CT molecular complexity index is 1040. The van der Waals surface area contributed by atoms with Crippen LogP contribution in [-0.2, 0) is 20.6 Å². The summed E-state index contributed by atoms with van der Waals surface area (Å²) >= 11 is 0. The van der Waals surface area contributed by atoms with E-state index in [1.54, 1.807) is 26.7 Å². The van der Waals surface area contributed by atoms with Crippen molar-refractivity contribution in [3.05, 3.63) is 60.1 Å². The Morgan fingerprint density at radius 3 is 2.81 bits per heavy atom. The SMILES string of the molecule is C/C=C/[C@H](C)/C=C(C)\C=C\CCc1nc(-c2nc([C@@H](C[C@H]3C[C@@H](O)C[C@](C)(OC)O3)OC)co2)co1. The molecule has 1 fully saturated rings. The molecule has 3 heterocycles. The van der Waals surface area contributed by atoms with Crippen LogP contribution in [0, 0.1) is 5.92 Å². The molecule has 8 nitrogen and oxygen atoms in total. The fourth-order valence-corrected chi connectivity index (χ4v) is 4.50. The maximum Gasteiger partial charge on any atom is 0.248 e. The first-order chi connectivity index (χ1) is 17.2. The van der Waals surface area contributed by atoms with Crippen molar-refractivity contribution in [3.8, 4) is 11.6 Å². The fraction of sp³-hybridized carbons (Fsp3) is 0.571. The van der Waals surface area contributed by atoms with Crippen LogP contribution in [0.3, 0.4) is 0 Å². The Morgan fingerprint density at radius 2 is 2.08 bits per heavy atom. The predicted octanol–water partition coefficient (Wildman–Crippen LogP) is 5.96. The summed E-state index contributed by atoms with van der Waals surface area (Å²) in [4.78, 5) is 9.11. The smallest absolute Gasteiger partial charge is 0.248 e. The van der Waals surface area contributed by atoms with Gasteiger partial charge in [-0.3, -0.25) is 0 Å². The summed E-state index contributed by atoms with van der Waals surface area (Å²) in [6.45, 7) is 8.14. The van der Waals surface area contributed by atoms with E-state index in [2.05, 4.69) is 54.2 Å². The second kappa shape index (κ2) is 13.1. The van der Waals surface area contributed by atoms with Crippen LogP contribution in [0.25, 0.3) is 11.6 Å². The molecule has 5 atom stereocenters. The first-order valence-electron chi connectivity index (χ1n) is 12.6. The lowest BCUT2D eigenvalue weighted by Crippen LogP contribution is -2.45. The van der Waals surface area contributed by atoms with Gasteiger partial charge in [0.05, 0.1) is 12.2 Å². The zero-order chi connectivity index (χ0) is 26.1. The van der Waals surface area contributed by atoms with E-state index in [1.165, 1.54) is 5.57 Å². The molecular formula is C28H40N2O6. The van der Waals surface area contributed by atoms with Crippen molar-refractivity contribution >= 4 is 0 Å². The molecule has 1 aliphatic heterocycles. The van der Waals surface area contributed by atoms with Crippen LogP contribution < -0.4 is 0 Å². The first kappa shape index (κ1) is 28.1. The second-order valence-corrected chi connectivity index (χ2v) is 9.57. The number of ether oxygens (including phenoxy) is 3. The molecule has 1 aliphatic rings. The van der Waals surface area contributed by atoms with E-state index < -0.39 is 11.9 Å². The highest BCUT2D eigenvalue weighted by Gasteiger charge is 2.39. The molecular weight excluding hydrogens is 460 g/mol. The van der Waals surface area contributed by atoms with Crippen molar-refractivity contribution in [1.29, 1.82) is 0 Å². The van der Waals surface area contributed by atoms with Gasteiger partial charge in [0.25, 0.3) is 0 Å². The van der Waals surface area contributed by atoms with Gasteiger partial charge < -0.3 is 28.2 Å². The second-order valence-electron chi connectivity index (χ2n) is 9.57. The number of aliphatic hydroxyl groups is 1. The van der Waals surface area contributed by atoms with Crippen LogP contribution in [-0.4, -0.2) is 47.3 Å². The topological polar surface area (TPSA) is 100.0 Å². The van der Waals surface area contributed by atoms with Gasteiger partial charge in [-0.05, 0) is 39.5 Å². The average Bonchev–Trinajstić information content (AvgIpc) is 3.50. The number of allylic oxidation sites excluding steroid dienone is 6. The van der Waals surface area contributed by atoms with Crippen molar-refractivity contribution in [1.82, 2.24) is 9.97 Å². The summed E-state index contributed by atoms with van der Waals surface area (Å²) in [6, 6.07) is 0. The summed E-state index contributed by atoms with van der Waals surface area (Å²) in [6.07, 6.45) is 15.7. The Morgan fingerprint density at radius 1 is 1.28 bits per heavy atom. The zero-order valence-corrected chi connectivity index (χ0v) is 22.3. The summed E-state index contributed by atoms with van der Waals surface area (Å²) < 4.78 is 28.5. The van der Waals surface area contributed by atoms with E-state index in [4.69, 9.17) is 23.0 Å². The molecule has 0 bridgehead atoms. The van der Waals surface area contributed by atoms with Crippen LogP contribution in [0.4, 0.5) is 0 Å². The van der Waals surface area contributed by atoms with E-state index in [9.17, 15) is 5.11 Å². The molecule has 36 heavy (non-hydrogen) atoms. The molecule has 0 unspecified atom stereocenters. The molecule has 1 N–H and O–H groups in total. The highest BCUT2D eigenvalue weighted by molar-refractivity contribution is 5.44. The Labute approximate surface area is 214 Å². The highest BCUT2D eigenvalue weighted by atomic mass is 16.7. The van der Waals surface area contributed by atoms with Crippen LogP contribution >= 0.6 is 0 Å². The third-order valence-corrected chi connectivity index (χ3v) is 6.30. The maximum absolute atomic E-state index is 10.3. The summed E-state index contributed by atoms with van der Waals surface area (Å²) in [7, 11) is 3.20. The minimum Gasteiger partial charge on any atom is -0.448 e. The molecule has 0 aromatic carbocycles. The van der Waals surface area contributed by atoms with Crippen molar-refractivity contribution in [2.24, 2.45) is 5.92 Å². The Balaban J connectivity index is 1.57. The zero-order valence-electron chi connectivity index (χ0n) is 22.3. The number of hydrogen-bond acceptors (Lipinski definition) is 8. The molecule has 0 spiro atoms. The van der Waals surface area contributed by atoms with E-state index in [0.29, 0.717) is 54.8 Å². The lowest BCUT2D eigenvalue weighted by atomic mass is 9.95. The van der Waals surface area contributed by atoms with Crippen LogP contribution in [0.1, 0.15) is 71.1 Å². The van der Waals surface area contributed by atoms with E-state index in [-0.39, 0.29) is 12.2 Å². The number of nitrogens with zero attached hydrogens (tertiary/aromatic N) is 2.